The van der Waals surface area contributed by atoms with E-state index in [-0.39, 0.29) is 5.54 Å². The molecule has 0 saturated carbocycles. The number of hydrogen-bond donors (Lipinski definition) is 1. The average Bonchev–Trinajstić information content (AvgIpc) is 2.33. The van der Waals surface area contributed by atoms with E-state index in [2.05, 4.69) is 41.5 Å². The van der Waals surface area contributed by atoms with Crippen molar-refractivity contribution in [1.29, 1.82) is 0 Å². The molecule has 2 rings (SSSR count). The number of ether oxygens (including phenoxy) is 1. The molecule has 1 N–H and O–H groups in total. The number of nitrogens with zero attached hydrogens (tertiary/aromatic N) is 2. The third-order valence-electron chi connectivity index (χ3n) is 2.83. The molecule has 0 bridgehead atoms. The molecule has 0 radical (unpaired) electrons. The molecule has 4 heteroatoms. The fraction of sp³-hybridized carbons (Fsp3) is 0.429. The summed E-state index contributed by atoms with van der Waals surface area (Å²) in [6.07, 6.45) is 0. The van der Waals surface area contributed by atoms with Crippen LogP contribution in [0.3, 0.4) is 0 Å². The van der Waals surface area contributed by atoms with Gasteiger partial charge < -0.3 is 10.1 Å². The van der Waals surface area contributed by atoms with Gasteiger partial charge in [-0.05, 0) is 20.8 Å². The van der Waals surface area contributed by atoms with Crippen LogP contribution in [0.15, 0.2) is 24.3 Å². The van der Waals surface area contributed by atoms with Crippen molar-refractivity contribution < 1.29 is 4.74 Å². The van der Waals surface area contributed by atoms with Crippen LogP contribution in [0, 0.1) is 6.92 Å². The summed E-state index contributed by atoms with van der Waals surface area (Å²) in [4.78, 5) is 0. The molecule has 0 aliphatic heterocycles. The predicted molar refractivity (Wildman–Crippen MR) is 73.9 cm³/mol. The van der Waals surface area contributed by atoms with Crippen molar-refractivity contribution in [2.75, 3.05) is 19.0 Å². The number of aryl methyl sites for hydroxylation is 1. The van der Waals surface area contributed by atoms with Gasteiger partial charge in [-0.2, -0.15) is 5.10 Å². The molecule has 0 aliphatic carbocycles. The summed E-state index contributed by atoms with van der Waals surface area (Å²) in [6, 6.07) is 8.15. The summed E-state index contributed by atoms with van der Waals surface area (Å²) in [5.41, 5.74) is 0.766. The third-order valence-corrected chi connectivity index (χ3v) is 2.83. The van der Waals surface area contributed by atoms with Crippen LogP contribution < -0.4 is 5.32 Å². The largest absolute Gasteiger partial charge is 0.382 e. The Morgan fingerprint density at radius 1 is 1.17 bits per heavy atom. The number of methoxy groups -OCH3 is 1. The Morgan fingerprint density at radius 2 is 1.83 bits per heavy atom. The van der Waals surface area contributed by atoms with E-state index in [4.69, 9.17) is 4.74 Å². The fourth-order valence-corrected chi connectivity index (χ4v) is 2.05. The Bertz CT molecular complexity index is 552. The van der Waals surface area contributed by atoms with Crippen molar-refractivity contribution in [3.63, 3.8) is 0 Å². The van der Waals surface area contributed by atoms with Gasteiger partial charge in [0, 0.05) is 17.9 Å². The second kappa shape index (κ2) is 4.90. The van der Waals surface area contributed by atoms with Gasteiger partial charge in [-0.25, -0.2) is 0 Å². The normalized spacial score (nSPS) is 11.8. The summed E-state index contributed by atoms with van der Waals surface area (Å²) in [5, 5.41) is 14.1. The molecular weight excluding hydrogens is 226 g/mol. The van der Waals surface area contributed by atoms with Crippen molar-refractivity contribution in [2.45, 2.75) is 26.3 Å². The molecule has 4 nitrogen and oxygen atoms in total. The first kappa shape index (κ1) is 12.8. The zero-order chi connectivity index (χ0) is 13.2. The van der Waals surface area contributed by atoms with Gasteiger partial charge in [0.2, 0.25) is 0 Å². The van der Waals surface area contributed by atoms with Crippen LogP contribution in [0.2, 0.25) is 0 Å². The lowest BCUT2D eigenvalue weighted by atomic mass is 10.1. The Labute approximate surface area is 107 Å². The highest BCUT2D eigenvalue weighted by molar-refractivity contribution is 5.93. The third kappa shape index (κ3) is 2.59. The van der Waals surface area contributed by atoms with Gasteiger partial charge in [0.15, 0.2) is 5.82 Å². The van der Waals surface area contributed by atoms with Crippen molar-refractivity contribution in [3.8, 4) is 0 Å². The smallest absolute Gasteiger partial charge is 0.157 e. The van der Waals surface area contributed by atoms with E-state index in [0.29, 0.717) is 6.61 Å². The van der Waals surface area contributed by atoms with Crippen molar-refractivity contribution >= 4 is 16.6 Å². The summed E-state index contributed by atoms with van der Waals surface area (Å²) >= 11 is 0. The Morgan fingerprint density at radius 3 is 2.50 bits per heavy atom. The Balaban J connectivity index is 2.43. The molecule has 0 saturated heterocycles. The monoisotopic (exact) mass is 245 g/mol. The maximum Gasteiger partial charge on any atom is 0.157 e. The molecule has 1 aromatic heterocycles. The average molecular weight is 245 g/mol. The van der Waals surface area contributed by atoms with Crippen LogP contribution in [-0.4, -0.2) is 29.5 Å². The van der Waals surface area contributed by atoms with Gasteiger partial charge >= 0.3 is 0 Å². The lowest BCUT2D eigenvalue weighted by molar-refractivity contribution is 0.158. The van der Waals surface area contributed by atoms with Crippen LogP contribution >= 0.6 is 0 Å². The standard InChI is InChI=1S/C14H19N3O/c1-10-11-7-5-6-8-12(11)13(17-16-10)15-14(2,3)9-18-4/h5-8H,9H2,1-4H3,(H,15,17). The first-order valence-corrected chi connectivity index (χ1v) is 6.03. The number of aromatic nitrogens is 2. The maximum absolute atomic E-state index is 5.20. The van der Waals surface area contributed by atoms with E-state index < -0.39 is 0 Å². The van der Waals surface area contributed by atoms with Crippen LogP contribution in [0.4, 0.5) is 5.82 Å². The molecule has 18 heavy (non-hydrogen) atoms. The highest BCUT2D eigenvalue weighted by Crippen LogP contribution is 2.24. The first-order chi connectivity index (χ1) is 8.53. The second-order valence-electron chi connectivity index (χ2n) is 5.12. The number of fused-ring (bicyclic) bond motifs is 1. The number of rotatable bonds is 4. The van der Waals surface area contributed by atoms with Gasteiger partial charge in [-0.1, -0.05) is 24.3 Å². The summed E-state index contributed by atoms with van der Waals surface area (Å²) in [5.74, 6) is 0.804. The van der Waals surface area contributed by atoms with Gasteiger partial charge in [0.05, 0.1) is 17.8 Å². The highest BCUT2D eigenvalue weighted by atomic mass is 16.5. The van der Waals surface area contributed by atoms with E-state index in [1.54, 1.807) is 7.11 Å². The minimum Gasteiger partial charge on any atom is -0.382 e. The van der Waals surface area contributed by atoms with E-state index >= 15 is 0 Å². The Kier molecular flexibility index (Phi) is 3.48. The SMILES string of the molecule is COCC(C)(C)Nc1nnc(C)c2ccccc12. The zero-order valence-electron chi connectivity index (χ0n) is 11.3. The summed E-state index contributed by atoms with van der Waals surface area (Å²) in [6.45, 7) is 6.73. The molecule has 0 atom stereocenters. The van der Waals surface area contributed by atoms with Crippen LogP contribution in [0.25, 0.3) is 10.8 Å². The van der Waals surface area contributed by atoms with Gasteiger partial charge in [0.25, 0.3) is 0 Å². The predicted octanol–water partition coefficient (Wildman–Crippen LogP) is 2.78. The molecule has 0 unspecified atom stereocenters. The highest BCUT2D eigenvalue weighted by Gasteiger charge is 2.19. The van der Waals surface area contributed by atoms with Crippen LogP contribution in [0.1, 0.15) is 19.5 Å². The summed E-state index contributed by atoms with van der Waals surface area (Å²) in [7, 11) is 1.70. The first-order valence-electron chi connectivity index (χ1n) is 6.03. The second-order valence-corrected chi connectivity index (χ2v) is 5.12. The van der Waals surface area contributed by atoms with E-state index in [0.717, 1.165) is 22.3 Å². The Hall–Kier alpha value is -1.68. The van der Waals surface area contributed by atoms with Crippen LogP contribution in [0.5, 0.6) is 0 Å². The summed E-state index contributed by atoms with van der Waals surface area (Å²) < 4.78 is 5.20. The van der Waals surface area contributed by atoms with Gasteiger partial charge in [-0.3, -0.25) is 0 Å². The molecule has 1 aromatic carbocycles. The quantitative estimate of drug-likeness (QED) is 0.899. The number of benzene rings is 1. The fourth-order valence-electron chi connectivity index (χ4n) is 2.05. The number of anilines is 1. The lowest BCUT2D eigenvalue weighted by Gasteiger charge is -2.26. The van der Waals surface area contributed by atoms with Gasteiger partial charge in [0.1, 0.15) is 0 Å². The molecule has 2 aromatic rings. The molecular formula is C14H19N3O. The van der Waals surface area contributed by atoms with Crippen LogP contribution in [-0.2, 0) is 4.74 Å². The van der Waals surface area contributed by atoms with Crippen molar-refractivity contribution in [3.05, 3.63) is 30.0 Å². The molecule has 0 spiro atoms. The van der Waals surface area contributed by atoms with Crippen molar-refractivity contribution in [2.24, 2.45) is 0 Å². The zero-order valence-corrected chi connectivity index (χ0v) is 11.3. The number of nitrogens with one attached hydrogen (secondary N) is 1. The maximum atomic E-state index is 5.20. The minimum atomic E-state index is -0.179. The molecule has 0 amide bonds. The molecule has 96 valence electrons. The number of hydrogen-bond acceptors (Lipinski definition) is 4. The lowest BCUT2D eigenvalue weighted by Crippen LogP contribution is -2.36. The molecule has 0 fully saturated rings. The van der Waals surface area contributed by atoms with Crippen molar-refractivity contribution in [1.82, 2.24) is 10.2 Å². The molecule has 0 aliphatic rings. The molecule has 1 heterocycles. The topological polar surface area (TPSA) is 47.0 Å². The van der Waals surface area contributed by atoms with E-state index in [9.17, 15) is 0 Å². The van der Waals surface area contributed by atoms with E-state index in [1.165, 1.54) is 0 Å². The van der Waals surface area contributed by atoms with E-state index in [1.807, 2.05) is 19.1 Å². The van der Waals surface area contributed by atoms with Gasteiger partial charge in [-0.15, -0.1) is 5.10 Å². The minimum absolute atomic E-state index is 0.179.